The lowest BCUT2D eigenvalue weighted by Gasteiger charge is -2.36. The molecule has 2 aliphatic rings. The van der Waals surface area contributed by atoms with Gasteiger partial charge in [-0.2, -0.15) is 0 Å². The smallest absolute Gasteiger partial charge is 0.220 e. The summed E-state index contributed by atoms with van der Waals surface area (Å²) >= 11 is 0. The maximum Gasteiger partial charge on any atom is 0.220 e. The number of piperidine rings is 1. The van der Waals surface area contributed by atoms with Gasteiger partial charge in [-0.25, -0.2) is 0 Å². The highest BCUT2D eigenvalue weighted by atomic mass is 16.1. The standard InChI is InChI=1S/C17H33N3O/c1-3-13(8-9-18)4-7-17(21)19-12-14-10-15-5-6-16(11-14)20(15)2/h13-16H,3-12,18H2,1-2H3,(H,19,21). The summed E-state index contributed by atoms with van der Waals surface area (Å²) < 4.78 is 0. The van der Waals surface area contributed by atoms with Crippen molar-refractivity contribution >= 4 is 5.91 Å². The number of amides is 1. The number of rotatable bonds is 8. The Hall–Kier alpha value is -0.610. The van der Waals surface area contributed by atoms with Crippen LogP contribution in [0.1, 0.15) is 58.3 Å². The minimum atomic E-state index is 0.233. The molecule has 0 radical (unpaired) electrons. The van der Waals surface area contributed by atoms with Gasteiger partial charge in [0.25, 0.3) is 0 Å². The van der Waals surface area contributed by atoms with E-state index in [1.165, 1.54) is 25.7 Å². The first-order valence-electron chi connectivity index (χ1n) is 8.82. The second-order valence-electron chi connectivity index (χ2n) is 7.08. The monoisotopic (exact) mass is 295 g/mol. The highest BCUT2D eigenvalue weighted by Gasteiger charge is 2.38. The third-order valence-corrected chi connectivity index (χ3v) is 5.72. The number of hydrogen-bond acceptors (Lipinski definition) is 3. The molecule has 2 fully saturated rings. The van der Waals surface area contributed by atoms with E-state index in [2.05, 4.69) is 24.2 Å². The van der Waals surface area contributed by atoms with Crippen molar-refractivity contribution in [3.63, 3.8) is 0 Å². The van der Waals surface area contributed by atoms with E-state index in [1.807, 2.05) is 0 Å². The maximum atomic E-state index is 12.0. The third-order valence-electron chi connectivity index (χ3n) is 5.72. The lowest BCUT2D eigenvalue weighted by molar-refractivity contribution is -0.121. The normalized spacial score (nSPS) is 30.3. The molecule has 0 saturated carbocycles. The molecule has 122 valence electrons. The van der Waals surface area contributed by atoms with Crippen molar-refractivity contribution < 1.29 is 4.79 Å². The Kier molecular flexibility index (Phi) is 6.49. The first kappa shape index (κ1) is 16.8. The molecule has 1 amide bonds. The van der Waals surface area contributed by atoms with Crippen molar-refractivity contribution in [2.24, 2.45) is 17.6 Å². The van der Waals surface area contributed by atoms with Crippen molar-refractivity contribution in [3.05, 3.63) is 0 Å². The molecule has 3 unspecified atom stereocenters. The molecule has 0 aromatic carbocycles. The number of nitrogens with zero attached hydrogens (tertiary/aromatic N) is 1. The zero-order valence-electron chi connectivity index (χ0n) is 13.8. The Morgan fingerprint density at radius 2 is 1.95 bits per heavy atom. The summed E-state index contributed by atoms with van der Waals surface area (Å²) in [6, 6.07) is 1.53. The van der Waals surface area contributed by atoms with Gasteiger partial charge in [-0.05, 0) is 64.0 Å². The van der Waals surface area contributed by atoms with Crippen LogP contribution >= 0.6 is 0 Å². The van der Waals surface area contributed by atoms with Crippen LogP contribution in [0, 0.1) is 11.8 Å². The topological polar surface area (TPSA) is 58.4 Å². The second kappa shape index (κ2) is 8.14. The summed E-state index contributed by atoms with van der Waals surface area (Å²) in [5, 5.41) is 3.17. The molecule has 2 saturated heterocycles. The van der Waals surface area contributed by atoms with Gasteiger partial charge in [0.2, 0.25) is 5.91 Å². The zero-order valence-corrected chi connectivity index (χ0v) is 13.8. The number of fused-ring (bicyclic) bond motifs is 2. The summed E-state index contributed by atoms with van der Waals surface area (Å²) in [4.78, 5) is 14.6. The van der Waals surface area contributed by atoms with Crippen LogP contribution in [0.5, 0.6) is 0 Å². The minimum Gasteiger partial charge on any atom is -0.356 e. The Balaban J connectivity index is 1.63. The molecule has 2 heterocycles. The zero-order chi connectivity index (χ0) is 15.2. The molecule has 4 heteroatoms. The predicted octanol–water partition coefficient (Wildman–Crippen LogP) is 2.13. The summed E-state index contributed by atoms with van der Waals surface area (Å²) in [5.41, 5.74) is 5.61. The third kappa shape index (κ3) is 4.68. The Morgan fingerprint density at radius 1 is 1.29 bits per heavy atom. The van der Waals surface area contributed by atoms with E-state index < -0.39 is 0 Å². The Bertz CT molecular complexity index is 320. The average molecular weight is 295 g/mol. The van der Waals surface area contributed by atoms with Gasteiger partial charge in [0.05, 0.1) is 0 Å². The Labute approximate surface area is 129 Å². The van der Waals surface area contributed by atoms with Crippen molar-refractivity contribution in [2.45, 2.75) is 70.4 Å². The van der Waals surface area contributed by atoms with Crippen LogP contribution < -0.4 is 11.1 Å². The van der Waals surface area contributed by atoms with Crippen LogP contribution in [-0.4, -0.2) is 43.0 Å². The second-order valence-corrected chi connectivity index (χ2v) is 7.08. The van der Waals surface area contributed by atoms with Crippen LogP contribution in [0.25, 0.3) is 0 Å². The van der Waals surface area contributed by atoms with E-state index in [0.29, 0.717) is 18.3 Å². The van der Waals surface area contributed by atoms with Crippen molar-refractivity contribution in [1.82, 2.24) is 10.2 Å². The van der Waals surface area contributed by atoms with Crippen LogP contribution in [0.15, 0.2) is 0 Å². The quantitative estimate of drug-likeness (QED) is 0.721. The molecule has 4 nitrogen and oxygen atoms in total. The summed E-state index contributed by atoms with van der Waals surface area (Å²) in [5.74, 6) is 1.53. The van der Waals surface area contributed by atoms with E-state index in [9.17, 15) is 4.79 Å². The fraction of sp³-hybridized carbons (Fsp3) is 0.941. The average Bonchev–Trinajstić information content (AvgIpc) is 2.71. The number of carbonyl (C=O) groups excluding carboxylic acids is 1. The van der Waals surface area contributed by atoms with Crippen molar-refractivity contribution in [3.8, 4) is 0 Å². The van der Waals surface area contributed by atoms with Gasteiger partial charge in [0.15, 0.2) is 0 Å². The molecule has 0 aromatic heterocycles. The molecule has 2 aliphatic heterocycles. The Morgan fingerprint density at radius 3 is 2.52 bits per heavy atom. The fourth-order valence-corrected chi connectivity index (χ4v) is 4.16. The molecule has 0 aromatic rings. The van der Waals surface area contributed by atoms with Crippen molar-refractivity contribution in [2.75, 3.05) is 20.1 Å². The van der Waals surface area contributed by atoms with E-state index in [4.69, 9.17) is 5.73 Å². The number of nitrogens with one attached hydrogen (secondary N) is 1. The van der Waals surface area contributed by atoms with Gasteiger partial charge in [0.1, 0.15) is 0 Å². The molecular weight excluding hydrogens is 262 g/mol. The lowest BCUT2D eigenvalue weighted by Crippen LogP contribution is -2.43. The van der Waals surface area contributed by atoms with Gasteiger partial charge in [-0.3, -0.25) is 4.79 Å². The molecule has 2 rings (SSSR count). The van der Waals surface area contributed by atoms with E-state index in [-0.39, 0.29) is 5.91 Å². The maximum absolute atomic E-state index is 12.0. The van der Waals surface area contributed by atoms with Crippen LogP contribution in [0.4, 0.5) is 0 Å². The summed E-state index contributed by atoms with van der Waals surface area (Å²) in [6.07, 6.45) is 9.04. The van der Waals surface area contributed by atoms with E-state index in [0.717, 1.165) is 44.4 Å². The van der Waals surface area contributed by atoms with E-state index in [1.54, 1.807) is 0 Å². The molecule has 0 aliphatic carbocycles. The molecule has 3 N–H and O–H groups in total. The number of hydrogen-bond donors (Lipinski definition) is 2. The van der Waals surface area contributed by atoms with Gasteiger partial charge < -0.3 is 16.0 Å². The van der Waals surface area contributed by atoms with Crippen LogP contribution in [-0.2, 0) is 4.79 Å². The van der Waals surface area contributed by atoms with Crippen LogP contribution in [0.3, 0.4) is 0 Å². The molecular formula is C17H33N3O. The predicted molar refractivity (Wildman–Crippen MR) is 87.0 cm³/mol. The first-order chi connectivity index (χ1) is 10.1. The summed E-state index contributed by atoms with van der Waals surface area (Å²) in [7, 11) is 2.26. The van der Waals surface area contributed by atoms with Gasteiger partial charge in [-0.15, -0.1) is 0 Å². The highest BCUT2D eigenvalue weighted by Crippen LogP contribution is 2.36. The largest absolute Gasteiger partial charge is 0.356 e. The number of nitrogens with two attached hydrogens (primary N) is 1. The van der Waals surface area contributed by atoms with Gasteiger partial charge in [0, 0.05) is 25.0 Å². The summed E-state index contributed by atoms with van der Waals surface area (Å²) in [6.45, 7) is 3.80. The molecule has 3 atom stereocenters. The molecule has 0 spiro atoms. The van der Waals surface area contributed by atoms with E-state index >= 15 is 0 Å². The first-order valence-corrected chi connectivity index (χ1v) is 8.82. The molecule has 2 bridgehead atoms. The highest BCUT2D eigenvalue weighted by molar-refractivity contribution is 5.75. The van der Waals surface area contributed by atoms with Crippen LogP contribution in [0.2, 0.25) is 0 Å². The number of carbonyl (C=O) groups is 1. The minimum absolute atomic E-state index is 0.233. The van der Waals surface area contributed by atoms with Crippen molar-refractivity contribution in [1.29, 1.82) is 0 Å². The fourth-order valence-electron chi connectivity index (χ4n) is 4.16. The molecule has 21 heavy (non-hydrogen) atoms. The SMILES string of the molecule is CCC(CCN)CCC(=O)NCC1CC2CCC(C1)N2C. The van der Waals surface area contributed by atoms with Gasteiger partial charge in [-0.1, -0.05) is 13.3 Å². The van der Waals surface area contributed by atoms with Gasteiger partial charge >= 0.3 is 0 Å². The lowest BCUT2D eigenvalue weighted by atomic mass is 9.91.